The standard InChI is InChI=1S/C19H17F8NS/c1-12-10-15(6-7-16(12)20)29-9-8-28-11-13-2-4-14(5-3-13)17(21,18(22,23)24)19(25,26)27/h2-7,10,28H,8-9,11H2,1H3. The summed E-state index contributed by atoms with van der Waals surface area (Å²) in [6, 6.07) is 7.72. The van der Waals surface area contributed by atoms with Crippen LogP contribution in [0, 0.1) is 12.7 Å². The SMILES string of the molecule is Cc1cc(SCCNCc2ccc(C(F)(C(F)(F)F)C(F)(F)F)cc2)ccc1F. The molecule has 0 amide bonds. The van der Waals surface area contributed by atoms with Gasteiger partial charge in [-0.05, 0) is 36.2 Å². The molecule has 0 atom stereocenters. The van der Waals surface area contributed by atoms with E-state index in [9.17, 15) is 35.1 Å². The minimum atomic E-state index is -6.12. The normalized spacial score (nSPS) is 13.0. The summed E-state index contributed by atoms with van der Waals surface area (Å²) in [6.07, 6.45) is -12.2. The van der Waals surface area contributed by atoms with Gasteiger partial charge in [-0.15, -0.1) is 11.8 Å². The number of benzene rings is 2. The summed E-state index contributed by atoms with van der Waals surface area (Å²) >= 11 is 1.46. The molecule has 0 radical (unpaired) electrons. The highest BCUT2D eigenvalue weighted by molar-refractivity contribution is 7.99. The van der Waals surface area contributed by atoms with Gasteiger partial charge in [0.2, 0.25) is 0 Å². The van der Waals surface area contributed by atoms with E-state index in [1.807, 2.05) is 0 Å². The molecule has 0 aliphatic carbocycles. The van der Waals surface area contributed by atoms with E-state index < -0.39 is 23.6 Å². The molecule has 2 aromatic carbocycles. The second-order valence-corrected chi connectivity index (χ2v) is 7.46. The fourth-order valence-corrected chi connectivity index (χ4v) is 3.43. The minimum absolute atomic E-state index is 0.181. The van der Waals surface area contributed by atoms with Gasteiger partial charge in [0, 0.05) is 29.3 Å². The molecule has 0 bridgehead atoms. The molecule has 2 rings (SSSR count). The summed E-state index contributed by atoms with van der Waals surface area (Å²) in [5, 5.41) is 2.98. The van der Waals surface area contributed by atoms with Crippen LogP contribution in [0.1, 0.15) is 16.7 Å². The van der Waals surface area contributed by atoms with Crippen molar-refractivity contribution >= 4 is 11.8 Å². The minimum Gasteiger partial charge on any atom is -0.312 e. The summed E-state index contributed by atoms with van der Waals surface area (Å²) < 4.78 is 104. The average Bonchev–Trinajstić information content (AvgIpc) is 2.62. The summed E-state index contributed by atoms with van der Waals surface area (Å²) in [4.78, 5) is 0.869. The van der Waals surface area contributed by atoms with Crippen LogP contribution in [0.25, 0.3) is 0 Å². The lowest BCUT2D eigenvalue weighted by Crippen LogP contribution is -2.50. The van der Waals surface area contributed by atoms with Crippen molar-refractivity contribution in [2.24, 2.45) is 0 Å². The molecule has 0 aliphatic rings. The molecule has 1 nitrogen and oxygen atoms in total. The Morgan fingerprint density at radius 2 is 1.45 bits per heavy atom. The zero-order valence-corrected chi connectivity index (χ0v) is 15.9. The van der Waals surface area contributed by atoms with Crippen molar-refractivity contribution in [3.63, 3.8) is 0 Å². The monoisotopic (exact) mass is 443 g/mol. The van der Waals surface area contributed by atoms with Crippen LogP contribution in [-0.2, 0) is 12.2 Å². The van der Waals surface area contributed by atoms with Crippen molar-refractivity contribution in [1.29, 1.82) is 0 Å². The lowest BCUT2D eigenvalue weighted by molar-refractivity contribution is -0.348. The molecule has 0 spiro atoms. The molecular formula is C19H17F8NS. The van der Waals surface area contributed by atoms with Gasteiger partial charge in [0.25, 0.3) is 0 Å². The predicted octanol–water partition coefficient (Wildman–Crippen LogP) is 6.31. The second kappa shape index (κ2) is 8.91. The third-order valence-corrected chi connectivity index (χ3v) is 5.13. The fraction of sp³-hybridized carbons (Fsp3) is 0.368. The zero-order chi connectivity index (χ0) is 21.9. The molecule has 1 N–H and O–H groups in total. The fourth-order valence-electron chi connectivity index (χ4n) is 2.52. The van der Waals surface area contributed by atoms with E-state index in [1.165, 1.54) is 17.8 Å². The van der Waals surface area contributed by atoms with Gasteiger partial charge < -0.3 is 5.32 Å². The van der Waals surface area contributed by atoms with E-state index >= 15 is 0 Å². The quantitative estimate of drug-likeness (QED) is 0.306. The summed E-state index contributed by atoms with van der Waals surface area (Å²) in [5.41, 5.74) is -6.01. The van der Waals surface area contributed by atoms with Crippen molar-refractivity contribution in [2.75, 3.05) is 12.3 Å². The van der Waals surface area contributed by atoms with Crippen LogP contribution in [0.3, 0.4) is 0 Å². The smallest absolute Gasteiger partial charge is 0.312 e. The molecule has 160 valence electrons. The molecule has 0 unspecified atom stereocenters. The highest BCUT2D eigenvalue weighted by Gasteiger charge is 2.73. The van der Waals surface area contributed by atoms with Gasteiger partial charge in [-0.25, -0.2) is 8.78 Å². The summed E-state index contributed by atoms with van der Waals surface area (Å²) in [7, 11) is 0. The van der Waals surface area contributed by atoms with E-state index in [0.29, 0.717) is 35.6 Å². The Labute approximate surface area is 166 Å². The summed E-state index contributed by atoms with van der Waals surface area (Å²) in [6.45, 7) is 2.31. The first-order valence-corrected chi connectivity index (χ1v) is 9.36. The Hall–Kier alpha value is -1.81. The number of hydrogen-bond acceptors (Lipinski definition) is 2. The largest absolute Gasteiger partial charge is 0.435 e. The Bertz CT molecular complexity index is 800. The van der Waals surface area contributed by atoms with Gasteiger partial charge in [-0.3, -0.25) is 0 Å². The summed E-state index contributed by atoms with van der Waals surface area (Å²) in [5.74, 6) is 0.308. The highest BCUT2D eigenvalue weighted by Crippen LogP contribution is 2.53. The topological polar surface area (TPSA) is 12.0 Å². The van der Waals surface area contributed by atoms with Crippen molar-refractivity contribution in [3.8, 4) is 0 Å². The van der Waals surface area contributed by atoms with Crippen LogP contribution in [0.2, 0.25) is 0 Å². The Balaban J connectivity index is 1.91. The van der Waals surface area contributed by atoms with Gasteiger partial charge in [0.05, 0.1) is 0 Å². The zero-order valence-electron chi connectivity index (χ0n) is 15.1. The van der Waals surface area contributed by atoms with Crippen molar-refractivity contribution in [2.45, 2.75) is 36.4 Å². The third-order valence-electron chi connectivity index (χ3n) is 4.14. The van der Waals surface area contributed by atoms with Crippen LogP contribution in [-0.4, -0.2) is 24.7 Å². The van der Waals surface area contributed by atoms with Crippen molar-refractivity contribution in [1.82, 2.24) is 5.32 Å². The van der Waals surface area contributed by atoms with Gasteiger partial charge in [-0.2, -0.15) is 26.3 Å². The number of halogens is 8. The molecule has 10 heteroatoms. The first kappa shape index (κ1) is 23.5. The Morgan fingerprint density at radius 3 is 1.97 bits per heavy atom. The molecule has 0 heterocycles. The maximum atomic E-state index is 13.9. The molecule has 0 saturated carbocycles. The maximum absolute atomic E-state index is 13.9. The molecule has 0 aromatic heterocycles. The van der Waals surface area contributed by atoms with Crippen LogP contribution in [0.4, 0.5) is 35.1 Å². The maximum Gasteiger partial charge on any atom is 0.435 e. The van der Waals surface area contributed by atoms with Gasteiger partial charge >= 0.3 is 18.0 Å². The van der Waals surface area contributed by atoms with Gasteiger partial charge in [0.1, 0.15) is 5.82 Å². The predicted molar refractivity (Wildman–Crippen MR) is 94.9 cm³/mol. The van der Waals surface area contributed by atoms with Crippen LogP contribution < -0.4 is 5.32 Å². The van der Waals surface area contributed by atoms with Crippen LogP contribution >= 0.6 is 11.8 Å². The van der Waals surface area contributed by atoms with Crippen molar-refractivity contribution in [3.05, 3.63) is 65.0 Å². The first-order valence-electron chi connectivity index (χ1n) is 8.37. The van der Waals surface area contributed by atoms with Gasteiger partial charge in [0.15, 0.2) is 0 Å². The van der Waals surface area contributed by atoms with E-state index in [-0.39, 0.29) is 12.4 Å². The lowest BCUT2D eigenvalue weighted by atomic mass is 9.93. The molecular weight excluding hydrogens is 426 g/mol. The van der Waals surface area contributed by atoms with E-state index in [4.69, 9.17) is 0 Å². The number of rotatable bonds is 7. The number of hydrogen-bond donors (Lipinski definition) is 1. The number of aryl methyl sites for hydroxylation is 1. The molecule has 2 aromatic rings. The average molecular weight is 443 g/mol. The number of nitrogens with one attached hydrogen (secondary N) is 1. The second-order valence-electron chi connectivity index (χ2n) is 6.29. The highest BCUT2D eigenvalue weighted by atomic mass is 32.2. The Morgan fingerprint density at radius 1 is 0.862 bits per heavy atom. The van der Waals surface area contributed by atoms with Crippen molar-refractivity contribution < 1.29 is 35.1 Å². The molecule has 0 aliphatic heterocycles. The number of alkyl halides is 7. The van der Waals surface area contributed by atoms with Gasteiger partial charge in [-0.1, -0.05) is 24.3 Å². The molecule has 29 heavy (non-hydrogen) atoms. The lowest BCUT2D eigenvalue weighted by Gasteiger charge is -2.30. The number of thioether (sulfide) groups is 1. The van der Waals surface area contributed by atoms with E-state index in [1.54, 1.807) is 19.1 Å². The van der Waals surface area contributed by atoms with Crippen LogP contribution in [0.5, 0.6) is 0 Å². The third kappa shape index (κ3) is 5.42. The van der Waals surface area contributed by atoms with E-state index in [2.05, 4.69) is 5.32 Å². The van der Waals surface area contributed by atoms with E-state index in [0.717, 1.165) is 17.0 Å². The first-order chi connectivity index (χ1) is 13.4. The van der Waals surface area contributed by atoms with Crippen LogP contribution in [0.15, 0.2) is 47.4 Å². The molecule has 0 fully saturated rings. The Kier molecular flexibility index (Phi) is 7.21. The molecule has 0 saturated heterocycles.